The molecule has 1 saturated carbocycles. The van der Waals surface area contributed by atoms with Crippen LogP contribution in [0.2, 0.25) is 0 Å². The van der Waals surface area contributed by atoms with Gasteiger partial charge in [0.1, 0.15) is 0 Å². The van der Waals surface area contributed by atoms with Crippen molar-refractivity contribution in [1.29, 1.82) is 0 Å². The van der Waals surface area contributed by atoms with Crippen LogP contribution in [0.3, 0.4) is 0 Å². The second-order valence-electron chi connectivity index (χ2n) is 4.73. The maximum Gasteiger partial charge on any atom is 0.337 e. The molecule has 3 aliphatic heterocycles. The molecule has 5 heteroatoms. The number of methoxy groups -OCH3 is 1. The summed E-state index contributed by atoms with van der Waals surface area (Å²) in [6.45, 7) is 0.676. The Morgan fingerprint density at radius 3 is 3.19 bits per heavy atom. The van der Waals surface area contributed by atoms with E-state index in [9.17, 15) is 4.79 Å². The van der Waals surface area contributed by atoms with Crippen LogP contribution in [-0.4, -0.2) is 38.2 Å². The van der Waals surface area contributed by atoms with Crippen molar-refractivity contribution in [3.63, 3.8) is 0 Å². The Hall–Kier alpha value is -1.07. The minimum absolute atomic E-state index is 0.101. The highest BCUT2D eigenvalue weighted by Gasteiger charge is 2.69. The van der Waals surface area contributed by atoms with Crippen molar-refractivity contribution in [2.45, 2.75) is 18.5 Å². The maximum atomic E-state index is 11.6. The normalized spacial score (nSPS) is 51.2. The summed E-state index contributed by atoms with van der Waals surface area (Å²) in [6.07, 6.45) is 1.73. The number of fused-ring (bicyclic) bond motifs is 3. The van der Waals surface area contributed by atoms with Crippen LogP contribution >= 0.6 is 0 Å². The summed E-state index contributed by atoms with van der Waals surface area (Å²) in [4.78, 5) is 11.6. The van der Waals surface area contributed by atoms with Gasteiger partial charge in [0.15, 0.2) is 0 Å². The van der Waals surface area contributed by atoms with E-state index in [0.29, 0.717) is 18.1 Å². The van der Waals surface area contributed by atoms with E-state index in [-0.39, 0.29) is 36.3 Å². The Morgan fingerprint density at radius 2 is 2.38 bits per heavy atom. The largest absolute Gasteiger partial charge is 0.472 e. The lowest BCUT2D eigenvalue weighted by Gasteiger charge is -2.30. The fourth-order valence-electron chi connectivity index (χ4n) is 3.40. The van der Waals surface area contributed by atoms with Crippen LogP contribution in [0, 0.1) is 17.8 Å². The van der Waals surface area contributed by atoms with Gasteiger partial charge in [-0.3, -0.25) is 0 Å². The molecular formula is C11H12O5. The molecule has 0 spiro atoms. The Balaban J connectivity index is 1.74. The van der Waals surface area contributed by atoms with E-state index in [0.717, 1.165) is 0 Å². The predicted molar refractivity (Wildman–Crippen MR) is 50.1 cm³/mol. The fourth-order valence-corrected chi connectivity index (χ4v) is 3.40. The van der Waals surface area contributed by atoms with Gasteiger partial charge in [-0.15, -0.1) is 0 Å². The zero-order valence-corrected chi connectivity index (χ0v) is 8.79. The van der Waals surface area contributed by atoms with Gasteiger partial charge in [0, 0.05) is 17.8 Å². The first-order valence-electron chi connectivity index (χ1n) is 5.52. The topological polar surface area (TPSA) is 57.3 Å². The molecule has 1 aliphatic carbocycles. The Bertz CT molecular complexity index is 390. The summed E-state index contributed by atoms with van der Waals surface area (Å²) in [5.41, 5.74) is 0.601. The smallest absolute Gasteiger partial charge is 0.337 e. The average Bonchev–Trinajstić information content (AvgIpc) is 2.88. The van der Waals surface area contributed by atoms with Crippen molar-refractivity contribution in [2.75, 3.05) is 13.7 Å². The number of carbonyl (C=O) groups excluding carboxylic acids is 1. The summed E-state index contributed by atoms with van der Waals surface area (Å²) < 4.78 is 21.4. The van der Waals surface area contributed by atoms with Gasteiger partial charge in [-0.25, -0.2) is 4.79 Å². The van der Waals surface area contributed by atoms with Crippen LogP contribution in [0.5, 0.6) is 0 Å². The lowest BCUT2D eigenvalue weighted by Crippen LogP contribution is -2.36. The fraction of sp³-hybridized carbons (Fsp3) is 0.727. The molecule has 6 unspecified atom stereocenters. The van der Waals surface area contributed by atoms with Gasteiger partial charge < -0.3 is 18.9 Å². The molecule has 4 aliphatic rings. The summed E-state index contributed by atoms with van der Waals surface area (Å²) in [6, 6.07) is 0. The number of ether oxygens (including phenoxy) is 4. The van der Waals surface area contributed by atoms with E-state index in [1.54, 1.807) is 0 Å². The summed E-state index contributed by atoms with van der Waals surface area (Å²) >= 11 is 0. The van der Waals surface area contributed by atoms with Crippen molar-refractivity contribution < 1.29 is 23.7 Å². The number of rotatable bonds is 1. The van der Waals surface area contributed by atoms with Crippen LogP contribution in [0.25, 0.3) is 0 Å². The second kappa shape index (κ2) is 2.78. The van der Waals surface area contributed by atoms with E-state index < -0.39 is 0 Å². The van der Waals surface area contributed by atoms with E-state index in [2.05, 4.69) is 0 Å². The van der Waals surface area contributed by atoms with Crippen LogP contribution in [0.4, 0.5) is 0 Å². The second-order valence-corrected chi connectivity index (χ2v) is 4.73. The zero-order chi connectivity index (χ0) is 10.9. The molecule has 0 aromatic rings. The highest BCUT2D eigenvalue weighted by molar-refractivity contribution is 5.89. The van der Waals surface area contributed by atoms with Crippen LogP contribution in [0.15, 0.2) is 11.8 Å². The molecule has 2 saturated heterocycles. The SMILES string of the molecule is COC(=O)C1=COC2OCC3C4OC4C1C23. The van der Waals surface area contributed by atoms with Gasteiger partial charge >= 0.3 is 5.97 Å². The van der Waals surface area contributed by atoms with Crippen molar-refractivity contribution in [3.8, 4) is 0 Å². The average molecular weight is 224 g/mol. The number of epoxide rings is 1. The van der Waals surface area contributed by atoms with Gasteiger partial charge in [0.05, 0.1) is 37.8 Å². The molecule has 0 aromatic heterocycles. The first-order chi connectivity index (χ1) is 7.81. The molecule has 0 amide bonds. The molecule has 0 bridgehead atoms. The summed E-state index contributed by atoms with van der Waals surface area (Å²) in [5.74, 6) is 0.435. The van der Waals surface area contributed by atoms with E-state index in [4.69, 9.17) is 18.9 Å². The number of hydrogen-bond donors (Lipinski definition) is 0. The lowest BCUT2D eigenvalue weighted by molar-refractivity contribution is -0.142. The molecule has 86 valence electrons. The third-order valence-corrected chi connectivity index (χ3v) is 4.12. The molecule has 0 radical (unpaired) electrons. The molecule has 5 nitrogen and oxygen atoms in total. The number of hydrogen-bond acceptors (Lipinski definition) is 5. The monoisotopic (exact) mass is 224 g/mol. The standard InChI is InChI=1S/C11H12O5/c1-13-10(12)5-3-15-11-7-4(2-14-11)8-9(16-8)6(5)7/h3-4,6-9,11H,2H2,1H3. The van der Waals surface area contributed by atoms with E-state index in [1.807, 2.05) is 0 Å². The number of esters is 1. The maximum absolute atomic E-state index is 11.6. The first-order valence-corrected chi connectivity index (χ1v) is 5.52. The molecule has 16 heavy (non-hydrogen) atoms. The van der Waals surface area contributed by atoms with Gasteiger partial charge in [-0.05, 0) is 0 Å². The van der Waals surface area contributed by atoms with Gasteiger partial charge in [0.2, 0.25) is 6.29 Å². The molecule has 6 atom stereocenters. The zero-order valence-electron chi connectivity index (χ0n) is 8.79. The third kappa shape index (κ3) is 0.912. The minimum Gasteiger partial charge on any atom is -0.472 e. The quantitative estimate of drug-likeness (QED) is 0.465. The van der Waals surface area contributed by atoms with Crippen LogP contribution < -0.4 is 0 Å². The van der Waals surface area contributed by atoms with Gasteiger partial charge in [-0.1, -0.05) is 0 Å². The van der Waals surface area contributed by atoms with Gasteiger partial charge in [-0.2, -0.15) is 0 Å². The highest BCUT2D eigenvalue weighted by atomic mass is 16.7. The Labute approximate surface area is 92.3 Å². The molecule has 3 fully saturated rings. The minimum atomic E-state index is -0.315. The van der Waals surface area contributed by atoms with Crippen molar-refractivity contribution >= 4 is 5.97 Å². The van der Waals surface area contributed by atoms with Crippen molar-refractivity contribution in [1.82, 2.24) is 0 Å². The highest BCUT2D eigenvalue weighted by Crippen LogP contribution is 2.59. The van der Waals surface area contributed by atoms with Crippen molar-refractivity contribution in [2.24, 2.45) is 17.8 Å². The first kappa shape index (κ1) is 9.01. The molecule has 0 aromatic carbocycles. The lowest BCUT2D eigenvalue weighted by atomic mass is 9.83. The van der Waals surface area contributed by atoms with E-state index >= 15 is 0 Å². The summed E-state index contributed by atoms with van der Waals surface area (Å²) in [7, 11) is 1.39. The van der Waals surface area contributed by atoms with Crippen LogP contribution in [0.1, 0.15) is 0 Å². The molecule has 0 N–H and O–H groups in total. The van der Waals surface area contributed by atoms with Crippen molar-refractivity contribution in [3.05, 3.63) is 11.8 Å². The third-order valence-electron chi connectivity index (χ3n) is 4.12. The van der Waals surface area contributed by atoms with Crippen LogP contribution in [-0.2, 0) is 23.7 Å². The summed E-state index contributed by atoms with van der Waals surface area (Å²) in [5, 5.41) is 0. The Kier molecular flexibility index (Phi) is 1.57. The number of carbonyl (C=O) groups is 1. The molecular weight excluding hydrogens is 212 g/mol. The van der Waals surface area contributed by atoms with E-state index in [1.165, 1.54) is 13.4 Å². The molecule has 4 rings (SSSR count). The molecule has 3 heterocycles. The Morgan fingerprint density at radius 1 is 1.50 bits per heavy atom. The predicted octanol–water partition coefficient (Wildman–Crippen LogP) is 0.0594. The van der Waals surface area contributed by atoms with Gasteiger partial charge in [0.25, 0.3) is 0 Å².